The zero-order chi connectivity index (χ0) is 20.5. The van der Waals surface area contributed by atoms with E-state index in [0.29, 0.717) is 11.3 Å². The van der Waals surface area contributed by atoms with Crippen molar-refractivity contribution < 1.29 is 13.2 Å². The molecule has 1 amide bonds. The number of hydrogen-bond donors (Lipinski definition) is 1. The number of aryl methyl sites for hydroxylation is 4. The monoisotopic (exact) mass is 388 g/mol. The van der Waals surface area contributed by atoms with Crippen LogP contribution < -0.4 is 9.62 Å². The highest BCUT2D eigenvalue weighted by atomic mass is 32.2. The lowest BCUT2D eigenvalue weighted by molar-refractivity contribution is 0.0940. The maximum absolute atomic E-state index is 12.7. The van der Waals surface area contributed by atoms with Crippen LogP contribution in [-0.4, -0.2) is 27.6 Å². The van der Waals surface area contributed by atoms with Crippen LogP contribution in [0.2, 0.25) is 0 Å². The van der Waals surface area contributed by atoms with Crippen LogP contribution in [0.15, 0.2) is 30.3 Å². The molecule has 1 N–H and O–H groups in total. The summed E-state index contributed by atoms with van der Waals surface area (Å²) in [6.45, 7) is 9.93. The fraction of sp³-hybridized carbons (Fsp3) is 0.381. The van der Waals surface area contributed by atoms with E-state index in [-0.39, 0.29) is 11.9 Å². The van der Waals surface area contributed by atoms with Crippen LogP contribution in [0.1, 0.15) is 51.1 Å². The molecular weight excluding hydrogens is 360 g/mol. The minimum absolute atomic E-state index is 0.158. The highest BCUT2D eigenvalue weighted by molar-refractivity contribution is 7.92. The van der Waals surface area contributed by atoms with Crippen molar-refractivity contribution in [2.24, 2.45) is 0 Å². The minimum atomic E-state index is -3.40. The SMILES string of the molecule is Cc1cc(C)c([C@H](C)NC(=O)c2ccc(C)c(N(C)S(C)(=O)=O)c2)cc1C. The molecule has 0 aliphatic rings. The summed E-state index contributed by atoms with van der Waals surface area (Å²) in [5, 5.41) is 3.02. The van der Waals surface area contributed by atoms with Gasteiger partial charge in [-0.15, -0.1) is 0 Å². The molecule has 2 aromatic carbocycles. The third kappa shape index (κ3) is 4.69. The predicted molar refractivity (Wildman–Crippen MR) is 111 cm³/mol. The summed E-state index contributed by atoms with van der Waals surface area (Å²) in [6.07, 6.45) is 1.14. The highest BCUT2D eigenvalue weighted by Gasteiger charge is 2.18. The van der Waals surface area contributed by atoms with Crippen LogP contribution in [-0.2, 0) is 10.0 Å². The molecule has 0 heterocycles. The van der Waals surface area contributed by atoms with E-state index >= 15 is 0 Å². The molecule has 0 saturated heterocycles. The van der Waals surface area contributed by atoms with Gasteiger partial charge < -0.3 is 5.32 Å². The van der Waals surface area contributed by atoms with Crippen LogP contribution in [0, 0.1) is 27.7 Å². The van der Waals surface area contributed by atoms with Gasteiger partial charge in [-0.1, -0.05) is 18.2 Å². The second-order valence-corrected chi connectivity index (χ2v) is 9.23. The summed E-state index contributed by atoms with van der Waals surface area (Å²) in [5.74, 6) is -0.233. The minimum Gasteiger partial charge on any atom is -0.346 e. The molecule has 1 atom stereocenters. The van der Waals surface area contributed by atoms with Gasteiger partial charge in [0, 0.05) is 12.6 Å². The number of carbonyl (C=O) groups excluding carboxylic acids is 1. The molecule has 5 nitrogen and oxygen atoms in total. The fourth-order valence-corrected chi connectivity index (χ4v) is 3.63. The van der Waals surface area contributed by atoms with Gasteiger partial charge in [0.2, 0.25) is 10.0 Å². The molecule has 0 fully saturated rings. The van der Waals surface area contributed by atoms with E-state index in [0.717, 1.165) is 22.9 Å². The Bertz CT molecular complexity index is 981. The number of anilines is 1. The third-order valence-corrected chi connectivity index (χ3v) is 6.20. The second kappa shape index (κ2) is 7.72. The van der Waals surface area contributed by atoms with E-state index in [9.17, 15) is 13.2 Å². The molecule has 2 aromatic rings. The first-order valence-corrected chi connectivity index (χ1v) is 10.7. The zero-order valence-corrected chi connectivity index (χ0v) is 17.9. The number of carbonyl (C=O) groups is 1. The van der Waals surface area contributed by atoms with Gasteiger partial charge in [-0.25, -0.2) is 8.42 Å². The number of sulfonamides is 1. The lowest BCUT2D eigenvalue weighted by atomic mass is 9.96. The summed E-state index contributed by atoms with van der Waals surface area (Å²) in [5.41, 5.74) is 6.34. The molecule has 27 heavy (non-hydrogen) atoms. The normalized spacial score (nSPS) is 12.6. The van der Waals surface area contributed by atoms with Gasteiger partial charge in [-0.05, 0) is 74.6 Å². The molecule has 0 saturated carbocycles. The average Bonchev–Trinajstić information content (AvgIpc) is 2.56. The first-order valence-electron chi connectivity index (χ1n) is 8.85. The standard InChI is InChI=1S/C21H28N2O3S/c1-13-8-9-18(12-20(13)23(6)27(7,25)26)21(24)22-17(5)19-11-15(3)14(2)10-16(19)4/h8-12,17H,1-7H3,(H,22,24)/t17-/m0/s1. The van der Waals surface area contributed by atoms with E-state index in [1.807, 2.05) is 20.8 Å². The first kappa shape index (κ1) is 21.0. The number of hydrogen-bond acceptors (Lipinski definition) is 3. The number of amides is 1. The highest BCUT2D eigenvalue weighted by Crippen LogP contribution is 2.25. The van der Waals surface area contributed by atoms with Gasteiger partial charge in [0.05, 0.1) is 18.0 Å². The van der Waals surface area contributed by atoms with E-state index in [2.05, 4.69) is 31.3 Å². The summed E-state index contributed by atoms with van der Waals surface area (Å²) in [7, 11) is -1.91. The summed E-state index contributed by atoms with van der Waals surface area (Å²) in [6, 6.07) is 9.16. The van der Waals surface area contributed by atoms with Gasteiger partial charge in [-0.3, -0.25) is 9.10 Å². The maximum atomic E-state index is 12.7. The van der Waals surface area contributed by atoms with Crippen LogP contribution in [0.5, 0.6) is 0 Å². The lowest BCUT2D eigenvalue weighted by Gasteiger charge is -2.21. The van der Waals surface area contributed by atoms with E-state index < -0.39 is 10.0 Å². The molecule has 6 heteroatoms. The third-order valence-electron chi connectivity index (χ3n) is 5.00. The van der Waals surface area contributed by atoms with Crippen molar-refractivity contribution >= 4 is 21.6 Å². The Hall–Kier alpha value is -2.34. The summed E-state index contributed by atoms with van der Waals surface area (Å²) < 4.78 is 24.9. The zero-order valence-electron chi connectivity index (χ0n) is 17.0. The van der Waals surface area contributed by atoms with Gasteiger partial charge in [-0.2, -0.15) is 0 Å². The number of benzene rings is 2. The Kier molecular flexibility index (Phi) is 6.00. The predicted octanol–water partition coefficient (Wildman–Crippen LogP) is 3.81. The molecule has 0 aliphatic carbocycles. The van der Waals surface area contributed by atoms with Gasteiger partial charge in [0.25, 0.3) is 5.91 Å². The number of nitrogens with one attached hydrogen (secondary N) is 1. The maximum Gasteiger partial charge on any atom is 0.251 e. The average molecular weight is 389 g/mol. The van der Waals surface area contributed by atoms with Gasteiger partial charge >= 0.3 is 0 Å². The van der Waals surface area contributed by atoms with E-state index in [1.54, 1.807) is 18.2 Å². The smallest absolute Gasteiger partial charge is 0.251 e. The largest absolute Gasteiger partial charge is 0.346 e. The molecule has 0 radical (unpaired) electrons. The van der Waals surface area contributed by atoms with Crippen molar-refractivity contribution in [3.05, 3.63) is 63.7 Å². The van der Waals surface area contributed by atoms with Crippen molar-refractivity contribution in [1.82, 2.24) is 5.32 Å². The molecule has 146 valence electrons. The van der Waals surface area contributed by atoms with E-state index in [1.165, 1.54) is 22.5 Å². The number of nitrogens with zero attached hydrogens (tertiary/aromatic N) is 1. The van der Waals surface area contributed by atoms with Crippen molar-refractivity contribution in [2.45, 2.75) is 40.7 Å². The van der Waals surface area contributed by atoms with E-state index in [4.69, 9.17) is 0 Å². The molecule has 0 aliphatic heterocycles. The summed E-state index contributed by atoms with van der Waals surface area (Å²) in [4.78, 5) is 12.7. The molecule has 0 spiro atoms. The first-order chi connectivity index (χ1) is 12.4. The molecule has 2 rings (SSSR count). The van der Waals surface area contributed by atoms with Crippen molar-refractivity contribution in [1.29, 1.82) is 0 Å². The Labute approximate surface area is 162 Å². The van der Waals surface area contributed by atoms with Crippen LogP contribution in [0.4, 0.5) is 5.69 Å². The second-order valence-electron chi connectivity index (χ2n) is 7.22. The Morgan fingerprint density at radius 3 is 2.15 bits per heavy atom. The van der Waals surface area contributed by atoms with Gasteiger partial charge in [0.15, 0.2) is 0 Å². The van der Waals surface area contributed by atoms with Crippen LogP contribution in [0.25, 0.3) is 0 Å². The quantitative estimate of drug-likeness (QED) is 0.847. The molecular formula is C21H28N2O3S. The molecule has 0 unspecified atom stereocenters. The topological polar surface area (TPSA) is 66.5 Å². The van der Waals surface area contributed by atoms with Crippen LogP contribution >= 0.6 is 0 Å². The summed E-state index contributed by atoms with van der Waals surface area (Å²) >= 11 is 0. The molecule has 0 bridgehead atoms. The number of rotatable bonds is 5. The lowest BCUT2D eigenvalue weighted by Crippen LogP contribution is -2.29. The van der Waals surface area contributed by atoms with Gasteiger partial charge in [0.1, 0.15) is 0 Å². The Morgan fingerprint density at radius 2 is 1.56 bits per heavy atom. The van der Waals surface area contributed by atoms with Crippen molar-refractivity contribution in [3.63, 3.8) is 0 Å². The Balaban J connectivity index is 2.30. The fourth-order valence-electron chi connectivity index (χ4n) is 3.08. The van der Waals surface area contributed by atoms with Crippen molar-refractivity contribution in [3.8, 4) is 0 Å². The van der Waals surface area contributed by atoms with Crippen LogP contribution in [0.3, 0.4) is 0 Å². The Morgan fingerprint density at radius 1 is 0.963 bits per heavy atom. The van der Waals surface area contributed by atoms with Crippen molar-refractivity contribution in [2.75, 3.05) is 17.6 Å². The molecule has 0 aromatic heterocycles.